The van der Waals surface area contributed by atoms with Gasteiger partial charge in [-0.2, -0.15) is 0 Å². The Hall–Kier alpha value is -3.44. The summed E-state index contributed by atoms with van der Waals surface area (Å²) in [5, 5.41) is 0. The van der Waals surface area contributed by atoms with Crippen molar-refractivity contribution in [2.45, 2.75) is 13.2 Å². The Bertz CT molecular complexity index is 1280. The zero-order valence-electron chi connectivity index (χ0n) is 15.8. The molecule has 0 saturated heterocycles. The lowest BCUT2D eigenvalue weighted by atomic mass is 10.3. The summed E-state index contributed by atoms with van der Waals surface area (Å²) in [4.78, 5) is 12.8. The first kappa shape index (κ1) is 16.7. The van der Waals surface area contributed by atoms with Crippen molar-refractivity contribution in [3.63, 3.8) is 0 Å². The van der Waals surface area contributed by atoms with Crippen LogP contribution in [0, 0.1) is 0 Å². The number of H-pyrrole nitrogens is 1. The normalized spacial score (nSPS) is 13.8. The molecule has 5 nitrogen and oxygen atoms in total. The fourth-order valence-electron chi connectivity index (χ4n) is 3.56. The molecule has 0 aliphatic carbocycles. The second-order valence-corrected chi connectivity index (χ2v) is 6.85. The predicted molar refractivity (Wildman–Crippen MR) is 114 cm³/mol. The van der Waals surface area contributed by atoms with Gasteiger partial charge in [-0.1, -0.05) is 0 Å². The lowest BCUT2D eigenvalue weighted by Crippen LogP contribution is -2.06. The molecule has 0 spiro atoms. The van der Waals surface area contributed by atoms with Crippen molar-refractivity contribution in [3.05, 3.63) is 71.3 Å². The lowest BCUT2D eigenvalue weighted by molar-refractivity contribution is 0.0675. The molecular formula is C23H20N4O. The van der Waals surface area contributed by atoms with Gasteiger partial charge in [0.2, 0.25) is 0 Å². The minimum absolute atomic E-state index is 0.0982. The van der Waals surface area contributed by atoms with Gasteiger partial charge in [0.25, 0.3) is 0 Å². The number of methoxy groups -OCH3 is 1. The van der Waals surface area contributed by atoms with E-state index in [0.717, 1.165) is 44.8 Å². The average Bonchev–Trinajstić information content (AvgIpc) is 3.49. The van der Waals surface area contributed by atoms with Gasteiger partial charge < -0.3 is 14.3 Å². The van der Waals surface area contributed by atoms with E-state index in [-0.39, 0.29) is 6.23 Å². The molecule has 5 heteroatoms. The molecule has 3 aromatic rings. The van der Waals surface area contributed by atoms with E-state index in [9.17, 15) is 0 Å². The molecule has 8 bridgehead atoms. The van der Waals surface area contributed by atoms with E-state index < -0.39 is 0 Å². The van der Waals surface area contributed by atoms with Gasteiger partial charge in [-0.05, 0) is 79.8 Å². The highest BCUT2D eigenvalue weighted by Crippen LogP contribution is 2.23. The summed E-state index contributed by atoms with van der Waals surface area (Å²) in [6, 6.07) is 16.5. The van der Waals surface area contributed by atoms with Crippen LogP contribution in [0.25, 0.3) is 46.4 Å². The minimum atomic E-state index is -0.0982. The Morgan fingerprint density at radius 3 is 2.18 bits per heavy atom. The molecule has 5 heterocycles. The fraction of sp³-hybridized carbons (Fsp3) is 0.130. The number of ether oxygens (including phenoxy) is 1. The van der Waals surface area contributed by atoms with Crippen molar-refractivity contribution in [1.29, 1.82) is 0 Å². The van der Waals surface area contributed by atoms with Gasteiger partial charge >= 0.3 is 0 Å². The van der Waals surface area contributed by atoms with Gasteiger partial charge in [0.15, 0.2) is 0 Å². The van der Waals surface area contributed by atoms with Crippen molar-refractivity contribution >= 4 is 46.4 Å². The molecule has 0 amide bonds. The maximum absolute atomic E-state index is 5.63. The number of hydrogen-bond acceptors (Lipinski definition) is 3. The molecule has 2 aliphatic rings. The quantitative estimate of drug-likeness (QED) is 0.460. The fourth-order valence-corrected chi connectivity index (χ4v) is 3.56. The molecule has 1 atom stereocenters. The molecule has 28 heavy (non-hydrogen) atoms. The number of nitrogens with one attached hydrogen (secondary N) is 1. The van der Waals surface area contributed by atoms with Crippen LogP contribution < -0.4 is 0 Å². The van der Waals surface area contributed by atoms with Crippen LogP contribution in [0.3, 0.4) is 0 Å². The van der Waals surface area contributed by atoms with Crippen LogP contribution in [-0.4, -0.2) is 26.6 Å². The van der Waals surface area contributed by atoms with Crippen LogP contribution in [0.4, 0.5) is 0 Å². The third-order valence-corrected chi connectivity index (χ3v) is 5.08. The SMILES string of the molecule is COC(C)n1c2ccc3nc(c4nc(ccc5ccc([nH]5)c1cc2)C=C4)C=C3. The van der Waals surface area contributed by atoms with Crippen LogP contribution in [0.2, 0.25) is 0 Å². The van der Waals surface area contributed by atoms with Crippen LogP contribution in [0.15, 0.2) is 48.5 Å². The molecule has 0 saturated carbocycles. The number of hydrogen-bond donors (Lipinski definition) is 1. The summed E-state index contributed by atoms with van der Waals surface area (Å²) in [6.45, 7) is 2.04. The second-order valence-electron chi connectivity index (χ2n) is 6.85. The Morgan fingerprint density at radius 2 is 1.46 bits per heavy atom. The van der Waals surface area contributed by atoms with Crippen LogP contribution in [0.5, 0.6) is 0 Å². The highest BCUT2D eigenvalue weighted by Gasteiger charge is 2.10. The lowest BCUT2D eigenvalue weighted by Gasteiger charge is -2.14. The van der Waals surface area contributed by atoms with Crippen molar-refractivity contribution < 1.29 is 4.74 Å². The van der Waals surface area contributed by atoms with Crippen LogP contribution in [0.1, 0.15) is 35.9 Å². The maximum atomic E-state index is 5.63. The number of fused-ring (bicyclic) bond motifs is 10. The third-order valence-electron chi connectivity index (χ3n) is 5.08. The summed E-state index contributed by atoms with van der Waals surface area (Å²) in [7, 11) is 1.72. The summed E-state index contributed by atoms with van der Waals surface area (Å²) in [5.74, 6) is 0. The number of rotatable bonds is 2. The molecule has 5 rings (SSSR count). The van der Waals surface area contributed by atoms with Gasteiger partial charge in [0, 0.05) is 18.1 Å². The Labute approximate surface area is 162 Å². The van der Waals surface area contributed by atoms with Gasteiger partial charge in [-0.15, -0.1) is 0 Å². The molecule has 2 aliphatic heterocycles. The molecule has 138 valence electrons. The molecule has 1 unspecified atom stereocenters. The maximum Gasteiger partial charge on any atom is 0.131 e. The summed E-state index contributed by atoms with van der Waals surface area (Å²) in [6.07, 6.45) is 7.94. The Morgan fingerprint density at radius 1 is 0.821 bits per heavy atom. The van der Waals surface area contributed by atoms with Crippen molar-refractivity contribution in [2.75, 3.05) is 7.11 Å². The first-order chi connectivity index (χ1) is 13.7. The second kappa shape index (κ2) is 6.62. The molecule has 0 radical (unpaired) electrons. The first-order valence-corrected chi connectivity index (χ1v) is 9.29. The van der Waals surface area contributed by atoms with Gasteiger partial charge in [0.1, 0.15) is 6.23 Å². The number of aromatic amines is 1. The van der Waals surface area contributed by atoms with E-state index >= 15 is 0 Å². The Balaban J connectivity index is 1.87. The van der Waals surface area contributed by atoms with Crippen molar-refractivity contribution in [2.24, 2.45) is 0 Å². The standard InChI is InChI=1S/C23H20N4O/c1-15(28-2)27-19-9-5-18-7-12-21(25-18)20-11-6-16(24-20)3-4-17-8-13-22(26-17)23(27)14-10-19/h3-15,26H,1-2H3. The highest BCUT2D eigenvalue weighted by molar-refractivity contribution is 5.83. The van der Waals surface area contributed by atoms with Gasteiger partial charge in [0.05, 0.1) is 33.8 Å². The van der Waals surface area contributed by atoms with E-state index in [1.165, 1.54) is 0 Å². The third kappa shape index (κ3) is 2.86. The predicted octanol–water partition coefficient (Wildman–Crippen LogP) is 5.29. The van der Waals surface area contributed by atoms with E-state index in [2.05, 4.69) is 44.9 Å². The van der Waals surface area contributed by atoms with E-state index in [1.807, 2.05) is 49.4 Å². The zero-order valence-corrected chi connectivity index (χ0v) is 15.8. The first-order valence-electron chi connectivity index (χ1n) is 9.29. The smallest absolute Gasteiger partial charge is 0.131 e. The summed E-state index contributed by atoms with van der Waals surface area (Å²) >= 11 is 0. The largest absolute Gasteiger partial charge is 0.362 e. The minimum Gasteiger partial charge on any atom is -0.362 e. The summed E-state index contributed by atoms with van der Waals surface area (Å²) < 4.78 is 7.81. The van der Waals surface area contributed by atoms with Crippen LogP contribution >= 0.6 is 0 Å². The molecule has 0 aromatic carbocycles. The monoisotopic (exact) mass is 368 g/mol. The molecule has 1 N–H and O–H groups in total. The Kier molecular flexibility index (Phi) is 3.95. The van der Waals surface area contributed by atoms with E-state index in [0.29, 0.717) is 0 Å². The van der Waals surface area contributed by atoms with Crippen LogP contribution in [-0.2, 0) is 4.74 Å². The topological polar surface area (TPSA) is 55.7 Å². The number of nitrogens with zero attached hydrogens (tertiary/aromatic N) is 3. The van der Waals surface area contributed by atoms with Crippen molar-refractivity contribution in [1.82, 2.24) is 19.5 Å². The highest BCUT2D eigenvalue weighted by atomic mass is 16.5. The van der Waals surface area contributed by atoms with Gasteiger partial charge in [-0.3, -0.25) is 0 Å². The average molecular weight is 368 g/mol. The van der Waals surface area contributed by atoms with E-state index in [1.54, 1.807) is 7.11 Å². The molecular weight excluding hydrogens is 348 g/mol. The zero-order chi connectivity index (χ0) is 19.1. The van der Waals surface area contributed by atoms with Gasteiger partial charge in [-0.25, -0.2) is 9.97 Å². The summed E-state index contributed by atoms with van der Waals surface area (Å²) in [5.41, 5.74) is 7.79. The van der Waals surface area contributed by atoms with E-state index in [4.69, 9.17) is 9.72 Å². The van der Waals surface area contributed by atoms with Crippen molar-refractivity contribution in [3.8, 4) is 0 Å². The molecule has 0 fully saturated rings. The molecule has 3 aromatic heterocycles. The number of aromatic nitrogens is 4.